The van der Waals surface area contributed by atoms with Gasteiger partial charge in [0.05, 0.1) is 29.2 Å². The largest absolute Gasteiger partial charge is 0.493 e. The summed E-state index contributed by atoms with van der Waals surface area (Å²) in [6.07, 6.45) is 2.39. The number of benzene rings is 3. The van der Waals surface area contributed by atoms with Crippen molar-refractivity contribution in [2.45, 2.75) is 32.8 Å². The van der Waals surface area contributed by atoms with Crippen LogP contribution in [0, 0.1) is 10.1 Å². The van der Waals surface area contributed by atoms with E-state index in [9.17, 15) is 14.9 Å². The fourth-order valence-corrected chi connectivity index (χ4v) is 4.02. The number of nitro benzene ring substituents is 1. The number of halogens is 1. The summed E-state index contributed by atoms with van der Waals surface area (Å²) < 4.78 is 13.5. The van der Waals surface area contributed by atoms with Gasteiger partial charge >= 0.3 is 0 Å². The number of aromatic nitrogens is 2. The lowest BCUT2D eigenvalue weighted by molar-refractivity contribution is -0.384. The van der Waals surface area contributed by atoms with Gasteiger partial charge in [-0.1, -0.05) is 29.8 Å². The molecular weight excluding hydrogens is 540 g/mol. The molecule has 0 N–H and O–H groups in total. The summed E-state index contributed by atoms with van der Waals surface area (Å²) in [4.78, 5) is 28.4. The lowest BCUT2D eigenvalue weighted by atomic mass is 10.1. The summed E-state index contributed by atoms with van der Waals surface area (Å²) in [5.41, 5.74) is 1.90. The number of rotatable bonds is 9. The molecule has 0 aliphatic carbocycles. The number of methoxy groups -OCH3 is 1. The Hall–Kier alpha value is -4.05. The lowest BCUT2D eigenvalue weighted by Crippen LogP contribution is -2.23. The highest BCUT2D eigenvalue weighted by Crippen LogP contribution is 2.29. The zero-order valence-electron chi connectivity index (χ0n) is 20.6. The fourth-order valence-electron chi connectivity index (χ4n) is 3.66. The second-order valence-electron chi connectivity index (χ2n) is 8.42. The molecule has 37 heavy (non-hydrogen) atoms. The third-order valence-electron chi connectivity index (χ3n) is 5.94. The van der Waals surface area contributed by atoms with Gasteiger partial charge in [0.15, 0.2) is 11.5 Å². The van der Waals surface area contributed by atoms with Crippen molar-refractivity contribution < 1.29 is 14.4 Å². The minimum absolute atomic E-state index is 0.0230. The summed E-state index contributed by atoms with van der Waals surface area (Å²) in [5, 5.41) is 15.8. The highest BCUT2D eigenvalue weighted by atomic mass is 79.9. The average Bonchev–Trinajstić information content (AvgIpc) is 2.91. The summed E-state index contributed by atoms with van der Waals surface area (Å²) >= 11 is 3.42. The first kappa shape index (κ1) is 26.0. The van der Waals surface area contributed by atoms with Crippen LogP contribution >= 0.6 is 15.9 Å². The van der Waals surface area contributed by atoms with Crippen LogP contribution in [0.2, 0.25) is 0 Å². The van der Waals surface area contributed by atoms with E-state index in [4.69, 9.17) is 14.5 Å². The van der Waals surface area contributed by atoms with E-state index in [2.05, 4.69) is 21.0 Å². The first-order valence-corrected chi connectivity index (χ1v) is 12.4. The van der Waals surface area contributed by atoms with Crippen LogP contribution in [0.25, 0.3) is 10.9 Å². The van der Waals surface area contributed by atoms with Crippen LogP contribution in [0.1, 0.15) is 43.1 Å². The highest BCUT2D eigenvalue weighted by molar-refractivity contribution is 9.10. The predicted molar refractivity (Wildman–Crippen MR) is 146 cm³/mol. The smallest absolute Gasteiger partial charge is 0.282 e. The molecule has 3 aromatic carbocycles. The van der Waals surface area contributed by atoms with Gasteiger partial charge in [-0.2, -0.15) is 9.78 Å². The maximum Gasteiger partial charge on any atom is 0.282 e. The number of ether oxygens (including phenoxy) is 2. The third kappa shape index (κ3) is 5.86. The molecule has 1 heterocycles. The molecule has 0 spiro atoms. The summed E-state index contributed by atoms with van der Waals surface area (Å²) in [6, 6.07) is 16.9. The third-order valence-corrected chi connectivity index (χ3v) is 6.43. The molecule has 4 aromatic rings. The molecule has 190 valence electrons. The molecule has 1 atom stereocenters. The first-order chi connectivity index (χ1) is 17.8. The number of nitrogens with zero attached hydrogens (tertiary/aromatic N) is 4. The minimum atomic E-state index is -0.444. The molecule has 0 unspecified atom stereocenters. The number of hydrogen-bond acceptors (Lipinski definition) is 7. The van der Waals surface area contributed by atoms with Crippen molar-refractivity contribution in [1.82, 2.24) is 9.66 Å². The van der Waals surface area contributed by atoms with Crippen molar-refractivity contribution in [1.29, 1.82) is 0 Å². The van der Waals surface area contributed by atoms with Crippen LogP contribution in [-0.4, -0.2) is 27.9 Å². The topological polar surface area (TPSA) is 109 Å². The zero-order valence-corrected chi connectivity index (χ0v) is 22.1. The Balaban J connectivity index is 1.61. The van der Waals surface area contributed by atoms with Gasteiger partial charge in [0.25, 0.3) is 11.2 Å². The van der Waals surface area contributed by atoms with Crippen molar-refractivity contribution in [3.63, 3.8) is 0 Å². The van der Waals surface area contributed by atoms with Crippen molar-refractivity contribution in [2.24, 2.45) is 5.10 Å². The van der Waals surface area contributed by atoms with E-state index in [1.165, 1.54) is 23.9 Å². The van der Waals surface area contributed by atoms with E-state index in [-0.39, 0.29) is 23.8 Å². The number of fused-ring (bicyclic) bond motifs is 1. The van der Waals surface area contributed by atoms with Crippen LogP contribution in [-0.2, 0) is 6.61 Å². The Labute approximate surface area is 221 Å². The normalized spacial score (nSPS) is 12.1. The van der Waals surface area contributed by atoms with Gasteiger partial charge < -0.3 is 9.47 Å². The van der Waals surface area contributed by atoms with Gasteiger partial charge in [0.2, 0.25) is 0 Å². The monoisotopic (exact) mass is 564 g/mol. The molecule has 0 saturated heterocycles. The van der Waals surface area contributed by atoms with Gasteiger partial charge in [-0.05, 0) is 66.1 Å². The SMILES string of the molecule is CC[C@@H](C)c1nc2ccc(Br)cc2c(=O)n1N=Cc1ccc(OCc2ccc([N+](=O)[O-])cc2)c(OC)c1. The van der Waals surface area contributed by atoms with Crippen molar-refractivity contribution in [2.75, 3.05) is 7.11 Å². The van der Waals surface area contributed by atoms with E-state index in [0.29, 0.717) is 33.8 Å². The lowest BCUT2D eigenvalue weighted by Gasteiger charge is -2.14. The minimum Gasteiger partial charge on any atom is -0.493 e. The molecule has 0 aliphatic rings. The van der Waals surface area contributed by atoms with E-state index < -0.39 is 4.92 Å². The van der Waals surface area contributed by atoms with Gasteiger partial charge in [-0.3, -0.25) is 14.9 Å². The Morgan fingerprint density at radius 3 is 2.57 bits per heavy atom. The van der Waals surface area contributed by atoms with Crippen LogP contribution in [0.15, 0.2) is 75.0 Å². The van der Waals surface area contributed by atoms with Crippen LogP contribution in [0.5, 0.6) is 11.5 Å². The molecule has 1 aromatic heterocycles. The molecule has 9 nitrogen and oxygen atoms in total. The Kier molecular flexibility index (Phi) is 7.98. The van der Waals surface area contributed by atoms with E-state index in [1.54, 1.807) is 42.6 Å². The molecule has 0 saturated carbocycles. The molecule has 0 bridgehead atoms. The number of nitro groups is 1. The fraction of sp³-hybridized carbons (Fsp3) is 0.222. The van der Waals surface area contributed by atoms with Crippen molar-refractivity contribution in [3.05, 3.63) is 103 Å². The first-order valence-electron chi connectivity index (χ1n) is 11.6. The molecule has 0 fully saturated rings. The van der Waals surface area contributed by atoms with E-state index in [0.717, 1.165) is 16.5 Å². The standard InChI is InChI=1S/C27H25BrN4O5/c1-4-17(2)26-30-23-11-8-20(28)14-22(23)27(33)31(26)29-15-19-7-12-24(25(13-19)36-3)37-16-18-5-9-21(10-6-18)32(34)35/h5-15,17H,4,16H2,1-3H3/t17-/m1/s1. The summed E-state index contributed by atoms with van der Waals surface area (Å²) in [7, 11) is 1.53. The summed E-state index contributed by atoms with van der Waals surface area (Å²) in [5.74, 6) is 1.62. The van der Waals surface area contributed by atoms with Gasteiger partial charge in [-0.15, -0.1) is 0 Å². The maximum absolute atomic E-state index is 13.3. The average molecular weight is 565 g/mol. The molecule has 10 heteroatoms. The van der Waals surface area contributed by atoms with Crippen LogP contribution in [0.3, 0.4) is 0 Å². The van der Waals surface area contributed by atoms with Gasteiger partial charge in [-0.25, -0.2) is 4.98 Å². The Bertz CT molecular complexity index is 1530. The zero-order chi connectivity index (χ0) is 26.5. The van der Waals surface area contributed by atoms with Crippen LogP contribution in [0.4, 0.5) is 5.69 Å². The molecular formula is C27H25BrN4O5. The van der Waals surface area contributed by atoms with Crippen molar-refractivity contribution >= 4 is 38.7 Å². The van der Waals surface area contributed by atoms with Crippen molar-refractivity contribution in [3.8, 4) is 11.5 Å². The number of non-ortho nitro benzene ring substituents is 1. The van der Waals surface area contributed by atoms with Gasteiger partial charge in [0, 0.05) is 22.5 Å². The molecule has 4 rings (SSSR count). The predicted octanol–water partition coefficient (Wildman–Crippen LogP) is 6.05. The molecule has 0 aliphatic heterocycles. The maximum atomic E-state index is 13.3. The second kappa shape index (κ2) is 11.3. The second-order valence-corrected chi connectivity index (χ2v) is 9.34. The molecule has 0 radical (unpaired) electrons. The van der Waals surface area contributed by atoms with E-state index >= 15 is 0 Å². The Morgan fingerprint density at radius 1 is 1.14 bits per heavy atom. The highest BCUT2D eigenvalue weighted by Gasteiger charge is 2.16. The summed E-state index contributed by atoms with van der Waals surface area (Å²) in [6.45, 7) is 4.27. The van der Waals surface area contributed by atoms with E-state index in [1.807, 2.05) is 26.0 Å². The number of hydrogen-bond donors (Lipinski definition) is 0. The quantitative estimate of drug-likeness (QED) is 0.139. The Morgan fingerprint density at radius 2 is 1.89 bits per heavy atom. The van der Waals surface area contributed by atoms with Gasteiger partial charge in [0.1, 0.15) is 12.4 Å². The molecule has 0 amide bonds. The van der Waals surface area contributed by atoms with Crippen LogP contribution < -0.4 is 15.0 Å².